The number of likely N-dealkylation sites (N-methyl/N-ethyl adjacent to an activating group) is 1. The maximum absolute atomic E-state index is 3.55. The average molecular weight is 265 g/mol. The molecule has 1 aliphatic carbocycles. The highest BCUT2D eigenvalue weighted by Crippen LogP contribution is 2.36. The largest absolute Gasteiger partial charge is 0.316 e. The van der Waals surface area contributed by atoms with Gasteiger partial charge in [-0.1, -0.05) is 54.1 Å². The Kier molecular flexibility index (Phi) is 3.88. The molecule has 0 amide bonds. The lowest BCUT2D eigenvalue weighted by atomic mass is 9.89. The molecule has 2 aromatic rings. The van der Waals surface area contributed by atoms with E-state index in [4.69, 9.17) is 0 Å². The first-order chi connectivity index (χ1) is 9.78. The van der Waals surface area contributed by atoms with Crippen molar-refractivity contribution in [2.24, 2.45) is 0 Å². The standard InChI is InChI=1S/C19H23N/c1-14-7-9-15(10-8-14)13-19(20-2)18-12-11-16-5-3-4-6-17(16)18/h3-10,18-20H,11-13H2,1-2H3. The predicted molar refractivity (Wildman–Crippen MR) is 85.2 cm³/mol. The van der Waals surface area contributed by atoms with Crippen LogP contribution in [0.25, 0.3) is 0 Å². The molecule has 0 bridgehead atoms. The summed E-state index contributed by atoms with van der Waals surface area (Å²) in [7, 11) is 2.10. The van der Waals surface area contributed by atoms with Gasteiger partial charge in [0.1, 0.15) is 0 Å². The molecule has 0 aliphatic heterocycles. The maximum atomic E-state index is 3.55. The Balaban J connectivity index is 1.79. The van der Waals surface area contributed by atoms with E-state index < -0.39 is 0 Å². The molecule has 1 nitrogen and oxygen atoms in total. The molecule has 1 heteroatoms. The van der Waals surface area contributed by atoms with Crippen molar-refractivity contribution in [3.63, 3.8) is 0 Å². The number of benzene rings is 2. The minimum atomic E-state index is 0.529. The number of hydrogen-bond donors (Lipinski definition) is 1. The van der Waals surface area contributed by atoms with E-state index in [1.54, 1.807) is 11.1 Å². The first-order valence-electron chi connectivity index (χ1n) is 7.58. The van der Waals surface area contributed by atoms with Gasteiger partial charge in [-0.05, 0) is 49.9 Å². The molecule has 2 aromatic carbocycles. The lowest BCUT2D eigenvalue weighted by molar-refractivity contribution is 0.456. The Morgan fingerprint density at radius 2 is 1.85 bits per heavy atom. The monoisotopic (exact) mass is 265 g/mol. The zero-order valence-corrected chi connectivity index (χ0v) is 12.4. The minimum Gasteiger partial charge on any atom is -0.316 e. The van der Waals surface area contributed by atoms with Crippen molar-refractivity contribution in [1.29, 1.82) is 0 Å². The second-order valence-corrected chi connectivity index (χ2v) is 5.93. The van der Waals surface area contributed by atoms with E-state index in [0.717, 1.165) is 6.42 Å². The molecule has 3 rings (SSSR count). The molecule has 0 heterocycles. The Bertz CT molecular complexity index is 571. The van der Waals surface area contributed by atoms with Crippen molar-refractivity contribution >= 4 is 0 Å². The van der Waals surface area contributed by atoms with Crippen LogP contribution in [-0.4, -0.2) is 13.1 Å². The van der Waals surface area contributed by atoms with Crippen LogP contribution in [0.3, 0.4) is 0 Å². The second-order valence-electron chi connectivity index (χ2n) is 5.93. The van der Waals surface area contributed by atoms with Crippen LogP contribution in [0.1, 0.15) is 34.6 Å². The molecule has 2 unspecified atom stereocenters. The number of hydrogen-bond acceptors (Lipinski definition) is 1. The highest BCUT2D eigenvalue weighted by Gasteiger charge is 2.28. The zero-order valence-electron chi connectivity index (χ0n) is 12.4. The molecule has 0 radical (unpaired) electrons. The van der Waals surface area contributed by atoms with Crippen LogP contribution in [-0.2, 0) is 12.8 Å². The molecule has 0 spiro atoms. The highest BCUT2D eigenvalue weighted by atomic mass is 14.9. The van der Waals surface area contributed by atoms with Crippen LogP contribution in [0.5, 0.6) is 0 Å². The SMILES string of the molecule is CNC(Cc1ccc(C)cc1)C1CCc2ccccc21. The normalized spacial score (nSPS) is 18.8. The lowest BCUT2D eigenvalue weighted by Crippen LogP contribution is -2.33. The molecular formula is C19H23N. The van der Waals surface area contributed by atoms with Crippen molar-refractivity contribution in [2.45, 2.75) is 38.1 Å². The summed E-state index contributed by atoms with van der Waals surface area (Å²) in [4.78, 5) is 0. The molecule has 0 aromatic heterocycles. The Hall–Kier alpha value is -1.60. The van der Waals surface area contributed by atoms with Gasteiger partial charge in [0.15, 0.2) is 0 Å². The van der Waals surface area contributed by atoms with Gasteiger partial charge in [-0.2, -0.15) is 0 Å². The van der Waals surface area contributed by atoms with Gasteiger partial charge in [0.05, 0.1) is 0 Å². The van der Waals surface area contributed by atoms with Crippen LogP contribution in [0.15, 0.2) is 48.5 Å². The molecule has 1 N–H and O–H groups in total. The summed E-state index contributed by atoms with van der Waals surface area (Å²) < 4.78 is 0. The van der Waals surface area contributed by atoms with Gasteiger partial charge >= 0.3 is 0 Å². The van der Waals surface area contributed by atoms with Crippen LogP contribution in [0.2, 0.25) is 0 Å². The summed E-state index contributed by atoms with van der Waals surface area (Å²) in [5.41, 5.74) is 5.86. The van der Waals surface area contributed by atoms with Gasteiger partial charge in [-0.15, -0.1) is 0 Å². The van der Waals surface area contributed by atoms with Crippen molar-refractivity contribution in [3.8, 4) is 0 Å². The fraction of sp³-hybridized carbons (Fsp3) is 0.368. The fourth-order valence-corrected chi connectivity index (χ4v) is 3.43. The topological polar surface area (TPSA) is 12.0 Å². The third-order valence-corrected chi connectivity index (χ3v) is 4.61. The van der Waals surface area contributed by atoms with Crippen LogP contribution in [0.4, 0.5) is 0 Å². The van der Waals surface area contributed by atoms with E-state index in [-0.39, 0.29) is 0 Å². The summed E-state index contributed by atoms with van der Waals surface area (Å²) in [5.74, 6) is 0.650. The third kappa shape index (κ3) is 2.64. The fourth-order valence-electron chi connectivity index (χ4n) is 3.43. The van der Waals surface area contributed by atoms with Crippen molar-refractivity contribution in [3.05, 3.63) is 70.8 Å². The molecule has 0 saturated carbocycles. The van der Waals surface area contributed by atoms with Crippen LogP contribution in [0, 0.1) is 6.92 Å². The van der Waals surface area contributed by atoms with Crippen molar-refractivity contribution in [1.82, 2.24) is 5.32 Å². The third-order valence-electron chi connectivity index (χ3n) is 4.61. The van der Waals surface area contributed by atoms with Crippen LogP contribution < -0.4 is 5.32 Å². The minimum absolute atomic E-state index is 0.529. The molecule has 20 heavy (non-hydrogen) atoms. The van der Waals surface area contributed by atoms with Gasteiger partial charge in [-0.25, -0.2) is 0 Å². The quantitative estimate of drug-likeness (QED) is 0.885. The summed E-state index contributed by atoms with van der Waals surface area (Å²) in [6, 6.07) is 18.4. The molecular weight excluding hydrogens is 242 g/mol. The Morgan fingerprint density at radius 3 is 2.60 bits per heavy atom. The van der Waals surface area contributed by atoms with Crippen LogP contribution >= 0.6 is 0 Å². The van der Waals surface area contributed by atoms with Gasteiger partial charge < -0.3 is 5.32 Å². The average Bonchev–Trinajstić information content (AvgIpc) is 2.91. The molecule has 1 aliphatic rings. The van der Waals surface area contributed by atoms with E-state index in [1.807, 2.05) is 0 Å². The van der Waals surface area contributed by atoms with E-state index in [9.17, 15) is 0 Å². The lowest BCUT2D eigenvalue weighted by Gasteiger charge is -2.24. The summed E-state index contributed by atoms with van der Waals surface area (Å²) in [6.45, 7) is 2.15. The predicted octanol–water partition coefficient (Wildman–Crippen LogP) is 3.86. The van der Waals surface area contributed by atoms with E-state index >= 15 is 0 Å². The number of fused-ring (bicyclic) bond motifs is 1. The van der Waals surface area contributed by atoms with E-state index in [0.29, 0.717) is 12.0 Å². The second kappa shape index (κ2) is 5.80. The van der Waals surface area contributed by atoms with E-state index in [1.165, 1.54) is 24.0 Å². The molecule has 104 valence electrons. The summed E-state index contributed by atoms with van der Waals surface area (Å²) in [6.07, 6.45) is 3.61. The van der Waals surface area contributed by atoms with Crippen molar-refractivity contribution in [2.75, 3.05) is 7.05 Å². The number of rotatable bonds is 4. The Labute approximate surface area is 122 Å². The first kappa shape index (κ1) is 13.4. The zero-order chi connectivity index (χ0) is 13.9. The molecule has 0 saturated heterocycles. The number of aryl methyl sites for hydroxylation is 2. The summed E-state index contributed by atoms with van der Waals surface area (Å²) in [5, 5.41) is 3.55. The van der Waals surface area contributed by atoms with Gasteiger partial charge in [0, 0.05) is 12.0 Å². The molecule has 2 atom stereocenters. The van der Waals surface area contributed by atoms with Crippen molar-refractivity contribution < 1.29 is 0 Å². The first-order valence-corrected chi connectivity index (χ1v) is 7.58. The van der Waals surface area contributed by atoms with Gasteiger partial charge in [0.2, 0.25) is 0 Å². The number of nitrogens with one attached hydrogen (secondary N) is 1. The maximum Gasteiger partial charge on any atom is 0.0173 e. The highest BCUT2D eigenvalue weighted by molar-refractivity contribution is 5.36. The van der Waals surface area contributed by atoms with Gasteiger partial charge in [0.25, 0.3) is 0 Å². The van der Waals surface area contributed by atoms with Gasteiger partial charge in [-0.3, -0.25) is 0 Å². The van der Waals surface area contributed by atoms with E-state index in [2.05, 4.69) is 67.8 Å². The smallest absolute Gasteiger partial charge is 0.0173 e. The Morgan fingerprint density at radius 1 is 1.10 bits per heavy atom. The molecule has 0 fully saturated rings. The summed E-state index contributed by atoms with van der Waals surface area (Å²) >= 11 is 0.